The Bertz CT molecular complexity index is 1150. The summed E-state index contributed by atoms with van der Waals surface area (Å²) >= 11 is 6.13. The first kappa shape index (κ1) is 26.4. The van der Waals surface area contributed by atoms with Gasteiger partial charge in [-0.3, -0.25) is 14.4 Å². The van der Waals surface area contributed by atoms with E-state index in [1.165, 1.54) is 7.11 Å². The Labute approximate surface area is 209 Å². The lowest BCUT2D eigenvalue weighted by Crippen LogP contribution is -2.51. The second-order valence-electron chi connectivity index (χ2n) is 10.1. The first-order valence-corrected chi connectivity index (χ1v) is 12.0. The van der Waals surface area contributed by atoms with Crippen molar-refractivity contribution in [1.29, 1.82) is 5.26 Å². The Kier molecular flexibility index (Phi) is 8.28. The fourth-order valence-electron chi connectivity index (χ4n) is 4.28. The zero-order valence-corrected chi connectivity index (χ0v) is 21.2. The number of nitrogens with zero attached hydrogens (tertiary/aromatic N) is 1. The number of aromatic nitrogens is 1. The zero-order valence-electron chi connectivity index (χ0n) is 20.5. The molecule has 0 spiro atoms. The first-order valence-electron chi connectivity index (χ1n) is 11.7. The number of fused-ring (bicyclic) bond motifs is 1. The molecule has 1 aliphatic heterocycles. The molecule has 2 heterocycles. The number of aromatic amines is 1. The van der Waals surface area contributed by atoms with Gasteiger partial charge in [-0.2, -0.15) is 5.26 Å². The van der Waals surface area contributed by atoms with Gasteiger partial charge < -0.3 is 25.7 Å². The Morgan fingerprint density at radius 1 is 1.29 bits per heavy atom. The molecular formula is C25H32ClN5O4. The van der Waals surface area contributed by atoms with E-state index in [1.54, 1.807) is 18.2 Å². The second kappa shape index (κ2) is 11.0. The molecular weight excluding hydrogens is 470 g/mol. The van der Waals surface area contributed by atoms with Crippen molar-refractivity contribution >= 4 is 40.2 Å². The summed E-state index contributed by atoms with van der Waals surface area (Å²) in [4.78, 5) is 41.4. The van der Waals surface area contributed by atoms with Gasteiger partial charge in [-0.05, 0) is 49.3 Å². The lowest BCUT2D eigenvalue weighted by atomic mass is 9.87. The van der Waals surface area contributed by atoms with Crippen molar-refractivity contribution in [3.63, 3.8) is 0 Å². The van der Waals surface area contributed by atoms with E-state index in [0.717, 1.165) is 6.42 Å². The number of hydrogen-bond acceptors (Lipinski definition) is 5. The molecule has 2 unspecified atom stereocenters. The lowest BCUT2D eigenvalue weighted by molar-refractivity contribution is -0.128. The van der Waals surface area contributed by atoms with Crippen molar-refractivity contribution in [2.24, 2.45) is 11.3 Å². The summed E-state index contributed by atoms with van der Waals surface area (Å²) in [6, 6.07) is 5.36. The van der Waals surface area contributed by atoms with E-state index in [9.17, 15) is 19.6 Å². The van der Waals surface area contributed by atoms with Crippen LogP contribution in [0.3, 0.4) is 0 Å². The van der Waals surface area contributed by atoms with Crippen LogP contribution in [0.15, 0.2) is 18.2 Å². The Balaban J connectivity index is 1.76. The summed E-state index contributed by atoms with van der Waals surface area (Å²) in [5.74, 6) is -0.829. The maximum atomic E-state index is 13.2. The number of hydrogen-bond donors (Lipinski definition) is 4. The molecule has 1 aromatic carbocycles. The molecule has 1 aliphatic rings. The SMILES string of the molecule is COc1cc(Cl)cc2[nH]c(C(=O)NC(CC(C)(C)C)C(=O)N[C@H](C#N)CC3CCCNC3=O)cc12. The van der Waals surface area contributed by atoms with Crippen LogP contribution in [-0.4, -0.2) is 48.4 Å². The minimum absolute atomic E-state index is 0.0976. The summed E-state index contributed by atoms with van der Waals surface area (Å²) in [5.41, 5.74) is 0.604. The molecule has 10 heteroatoms. The fraction of sp³-hybridized carbons (Fsp3) is 0.520. The Hall–Kier alpha value is -3.25. The lowest BCUT2D eigenvalue weighted by Gasteiger charge is -2.28. The van der Waals surface area contributed by atoms with Crippen molar-refractivity contribution in [3.8, 4) is 11.8 Å². The highest BCUT2D eigenvalue weighted by molar-refractivity contribution is 6.31. The summed E-state index contributed by atoms with van der Waals surface area (Å²) in [6.07, 6.45) is 2.09. The van der Waals surface area contributed by atoms with E-state index in [1.807, 2.05) is 20.8 Å². The molecule has 0 bridgehead atoms. The van der Waals surface area contributed by atoms with Crippen LogP contribution in [0, 0.1) is 22.7 Å². The summed E-state index contributed by atoms with van der Waals surface area (Å²) in [6.45, 7) is 6.51. The van der Waals surface area contributed by atoms with E-state index in [2.05, 4.69) is 27.0 Å². The number of nitriles is 1. The van der Waals surface area contributed by atoms with Gasteiger partial charge in [0.25, 0.3) is 5.91 Å². The number of benzene rings is 1. The third-order valence-corrected chi connectivity index (χ3v) is 6.18. The quantitative estimate of drug-likeness (QED) is 0.440. The molecule has 1 fully saturated rings. The molecule has 2 aromatic rings. The van der Waals surface area contributed by atoms with Gasteiger partial charge in [-0.1, -0.05) is 32.4 Å². The standard InChI is InChI=1S/C25H32ClN5O4/c1-25(2,3)12-20(24(34)29-16(13-27)8-14-6-5-7-28-22(14)32)31-23(33)19-11-17-18(30-19)9-15(26)10-21(17)35-4/h9-11,14,16,20,30H,5-8,12H2,1-4H3,(H,28,32)(H,29,34)(H,31,33)/t14?,16-,20?/m0/s1. The maximum Gasteiger partial charge on any atom is 0.268 e. The van der Waals surface area contributed by atoms with Crippen LogP contribution in [0.1, 0.15) is 56.9 Å². The maximum absolute atomic E-state index is 13.2. The molecule has 1 aromatic heterocycles. The van der Waals surface area contributed by atoms with Crippen LogP contribution in [0.5, 0.6) is 5.75 Å². The number of amides is 3. The largest absolute Gasteiger partial charge is 0.496 e. The number of methoxy groups -OCH3 is 1. The van der Waals surface area contributed by atoms with E-state index in [0.29, 0.717) is 41.1 Å². The molecule has 4 N–H and O–H groups in total. The molecule has 0 saturated carbocycles. The van der Waals surface area contributed by atoms with Crippen LogP contribution in [0.4, 0.5) is 0 Å². The fourth-order valence-corrected chi connectivity index (χ4v) is 4.49. The normalized spacial score (nSPS) is 17.7. The van der Waals surface area contributed by atoms with Crippen LogP contribution in [-0.2, 0) is 9.59 Å². The van der Waals surface area contributed by atoms with Gasteiger partial charge in [0.1, 0.15) is 23.5 Å². The van der Waals surface area contributed by atoms with Gasteiger partial charge in [0.2, 0.25) is 11.8 Å². The van der Waals surface area contributed by atoms with Crippen molar-refractivity contribution in [2.75, 3.05) is 13.7 Å². The molecule has 9 nitrogen and oxygen atoms in total. The number of piperidine rings is 1. The van der Waals surface area contributed by atoms with Gasteiger partial charge in [0.15, 0.2) is 0 Å². The number of nitrogens with one attached hydrogen (secondary N) is 4. The first-order chi connectivity index (χ1) is 16.5. The van der Waals surface area contributed by atoms with E-state index in [-0.39, 0.29) is 29.4 Å². The molecule has 0 aliphatic carbocycles. The second-order valence-corrected chi connectivity index (χ2v) is 10.5. The molecule has 0 radical (unpaired) electrons. The minimum Gasteiger partial charge on any atom is -0.496 e. The van der Waals surface area contributed by atoms with Crippen molar-refractivity contribution < 1.29 is 19.1 Å². The number of H-pyrrole nitrogens is 1. The van der Waals surface area contributed by atoms with Crippen molar-refractivity contribution in [2.45, 2.75) is 58.5 Å². The van der Waals surface area contributed by atoms with Gasteiger partial charge in [0, 0.05) is 22.9 Å². The third-order valence-electron chi connectivity index (χ3n) is 5.96. The average molecular weight is 502 g/mol. The van der Waals surface area contributed by atoms with Crippen molar-refractivity contribution in [1.82, 2.24) is 20.9 Å². The number of ether oxygens (including phenoxy) is 1. The van der Waals surface area contributed by atoms with E-state index < -0.39 is 23.9 Å². The van der Waals surface area contributed by atoms with E-state index >= 15 is 0 Å². The van der Waals surface area contributed by atoms with Crippen LogP contribution in [0.25, 0.3) is 10.9 Å². The number of halogens is 1. The van der Waals surface area contributed by atoms with Crippen LogP contribution in [0.2, 0.25) is 5.02 Å². The zero-order chi connectivity index (χ0) is 25.8. The predicted molar refractivity (Wildman–Crippen MR) is 133 cm³/mol. The van der Waals surface area contributed by atoms with Crippen molar-refractivity contribution in [3.05, 3.63) is 28.9 Å². The number of carbonyl (C=O) groups excluding carboxylic acids is 3. The predicted octanol–water partition coefficient (Wildman–Crippen LogP) is 3.29. The highest BCUT2D eigenvalue weighted by atomic mass is 35.5. The average Bonchev–Trinajstić information content (AvgIpc) is 3.22. The number of rotatable bonds is 8. The molecule has 188 valence electrons. The van der Waals surface area contributed by atoms with E-state index in [4.69, 9.17) is 16.3 Å². The summed E-state index contributed by atoms with van der Waals surface area (Å²) in [7, 11) is 1.52. The van der Waals surface area contributed by atoms with Gasteiger partial charge >= 0.3 is 0 Å². The molecule has 3 rings (SSSR count). The highest BCUT2D eigenvalue weighted by Gasteiger charge is 2.31. The third kappa shape index (κ3) is 6.89. The Morgan fingerprint density at radius 2 is 2.03 bits per heavy atom. The molecule has 1 saturated heterocycles. The van der Waals surface area contributed by atoms with Crippen LogP contribution < -0.4 is 20.7 Å². The molecule has 35 heavy (non-hydrogen) atoms. The van der Waals surface area contributed by atoms with Gasteiger partial charge in [-0.25, -0.2) is 0 Å². The topological polar surface area (TPSA) is 136 Å². The minimum atomic E-state index is -0.879. The van der Waals surface area contributed by atoms with Gasteiger partial charge in [0.05, 0.1) is 18.7 Å². The monoisotopic (exact) mass is 501 g/mol. The molecule has 3 amide bonds. The van der Waals surface area contributed by atoms with Crippen LogP contribution >= 0.6 is 11.6 Å². The smallest absolute Gasteiger partial charge is 0.268 e. The summed E-state index contributed by atoms with van der Waals surface area (Å²) < 4.78 is 5.35. The molecule has 3 atom stereocenters. The highest BCUT2D eigenvalue weighted by Crippen LogP contribution is 2.30. The number of carbonyl (C=O) groups is 3. The van der Waals surface area contributed by atoms with Gasteiger partial charge in [-0.15, -0.1) is 0 Å². The summed E-state index contributed by atoms with van der Waals surface area (Å²) in [5, 5.41) is 19.1. The Morgan fingerprint density at radius 3 is 2.66 bits per heavy atom.